The molecule has 0 saturated carbocycles. The summed E-state index contributed by atoms with van der Waals surface area (Å²) in [6, 6.07) is 25.1. The molecular formula is C24H20O4. The van der Waals surface area contributed by atoms with Crippen molar-refractivity contribution in [3.63, 3.8) is 0 Å². The van der Waals surface area contributed by atoms with Gasteiger partial charge in [0.1, 0.15) is 24.7 Å². The highest BCUT2D eigenvalue weighted by molar-refractivity contribution is 6.16. The zero-order valence-corrected chi connectivity index (χ0v) is 15.6. The van der Waals surface area contributed by atoms with Crippen molar-refractivity contribution in [2.24, 2.45) is 0 Å². The Labute approximate surface area is 163 Å². The third kappa shape index (κ3) is 3.62. The van der Waals surface area contributed by atoms with Gasteiger partial charge in [-0.05, 0) is 51.9 Å². The first kappa shape index (κ1) is 17.9. The van der Waals surface area contributed by atoms with Crippen LogP contribution in [0, 0.1) is 0 Å². The number of carbonyl (C=O) groups is 1. The number of esters is 1. The van der Waals surface area contributed by atoms with Gasteiger partial charge in [-0.25, -0.2) is 4.79 Å². The van der Waals surface area contributed by atoms with Crippen molar-refractivity contribution in [2.45, 2.75) is 0 Å². The SMILES string of the molecule is COc1ccc(OCCOC(=O)c2c3ccccc3cc3ccccc23)cc1. The first-order valence-electron chi connectivity index (χ1n) is 9.11. The average Bonchev–Trinajstić information content (AvgIpc) is 2.75. The lowest BCUT2D eigenvalue weighted by Gasteiger charge is -2.12. The Bertz CT molecular complexity index is 1060. The van der Waals surface area contributed by atoms with Gasteiger partial charge in [0.15, 0.2) is 0 Å². The maximum absolute atomic E-state index is 12.9. The van der Waals surface area contributed by atoms with E-state index >= 15 is 0 Å². The molecule has 0 atom stereocenters. The molecule has 4 nitrogen and oxygen atoms in total. The molecule has 140 valence electrons. The maximum Gasteiger partial charge on any atom is 0.339 e. The zero-order valence-electron chi connectivity index (χ0n) is 15.6. The van der Waals surface area contributed by atoms with Crippen LogP contribution in [0.4, 0.5) is 0 Å². The fourth-order valence-electron chi connectivity index (χ4n) is 3.27. The van der Waals surface area contributed by atoms with Gasteiger partial charge in [-0.15, -0.1) is 0 Å². The Balaban J connectivity index is 1.50. The minimum absolute atomic E-state index is 0.169. The predicted molar refractivity (Wildman–Crippen MR) is 110 cm³/mol. The Morgan fingerprint density at radius 1 is 0.750 bits per heavy atom. The minimum atomic E-state index is -0.341. The monoisotopic (exact) mass is 372 g/mol. The normalized spacial score (nSPS) is 10.8. The van der Waals surface area contributed by atoms with E-state index in [4.69, 9.17) is 14.2 Å². The number of fused-ring (bicyclic) bond motifs is 2. The molecule has 0 fully saturated rings. The quantitative estimate of drug-likeness (QED) is 0.264. The number of carbonyl (C=O) groups excluding carboxylic acids is 1. The Morgan fingerprint density at radius 3 is 1.93 bits per heavy atom. The van der Waals surface area contributed by atoms with Gasteiger partial charge in [-0.1, -0.05) is 48.5 Å². The smallest absolute Gasteiger partial charge is 0.339 e. The van der Waals surface area contributed by atoms with Crippen LogP contribution in [0.15, 0.2) is 78.9 Å². The predicted octanol–water partition coefficient (Wildman–Crippen LogP) is 5.24. The fourth-order valence-corrected chi connectivity index (χ4v) is 3.27. The van der Waals surface area contributed by atoms with Crippen LogP contribution in [0.25, 0.3) is 21.5 Å². The van der Waals surface area contributed by atoms with Crippen LogP contribution in [0.1, 0.15) is 10.4 Å². The van der Waals surface area contributed by atoms with E-state index in [2.05, 4.69) is 6.07 Å². The van der Waals surface area contributed by atoms with Gasteiger partial charge in [-0.2, -0.15) is 0 Å². The van der Waals surface area contributed by atoms with E-state index in [1.54, 1.807) is 7.11 Å². The summed E-state index contributed by atoms with van der Waals surface area (Å²) >= 11 is 0. The third-order valence-electron chi connectivity index (χ3n) is 4.62. The van der Waals surface area contributed by atoms with E-state index in [1.807, 2.05) is 72.8 Å². The Kier molecular flexibility index (Phi) is 5.11. The fraction of sp³-hybridized carbons (Fsp3) is 0.125. The molecule has 0 radical (unpaired) electrons. The van der Waals surface area contributed by atoms with Gasteiger partial charge in [0.05, 0.1) is 12.7 Å². The summed E-state index contributed by atoms with van der Waals surface area (Å²) in [5, 5.41) is 3.81. The second-order valence-corrected chi connectivity index (χ2v) is 6.35. The summed E-state index contributed by atoms with van der Waals surface area (Å²) in [5.74, 6) is 1.13. The molecule has 0 unspecified atom stereocenters. The molecule has 0 amide bonds. The van der Waals surface area contributed by atoms with Crippen LogP contribution in [0.5, 0.6) is 11.5 Å². The summed E-state index contributed by atoms with van der Waals surface area (Å²) in [5.41, 5.74) is 0.596. The van der Waals surface area contributed by atoms with E-state index in [0.29, 0.717) is 11.3 Å². The number of methoxy groups -OCH3 is 1. The topological polar surface area (TPSA) is 44.8 Å². The molecule has 0 aromatic heterocycles. The Hall–Kier alpha value is -3.53. The summed E-state index contributed by atoms with van der Waals surface area (Å²) in [6.07, 6.45) is 0. The number of benzene rings is 4. The van der Waals surface area contributed by atoms with E-state index in [9.17, 15) is 4.79 Å². The zero-order chi connectivity index (χ0) is 19.3. The minimum Gasteiger partial charge on any atom is -0.497 e. The average molecular weight is 372 g/mol. The van der Waals surface area contributed by atoms with Crippen molar-refractivity contribution in [2.75, 3.05) is 20.3 Å². The van der Waals surface area contributed by atoms with Crippen molar-refractivity contribution in [3.05, 3.63) is 84.4 Å². The molecular weight excluding hydrogens is 352 g/mol. The highest BCUT2D eigenvalue weighted by Crippen LogP contribution is 2.29. The highest BCUT2D eigenvalue weighted by Gasteiger charge is 2.16. The van der Waals surface area contributed by atoms with Gasteiger partial charge < -0.3 is 14.2 Å². The highest BCUT2D eigenvalue weighted by atomic mass is 16.6. The molecule has 4 aromatic carbocycles. The standard InChI is InChI=1S/C24H20O4/c1-26-19-10-12-20(13-11-19)27-14-15-28-24(25)23-21-8-4-2-6-17(21)16-18-7-3-5-9-22(18)23/h2-13,16H,14-15H2,1H3. The summed E-state index contributed by atoms with van der Waals surface area (Å²) in [4.78, 5) is 12.9. The lowest BCUT2D eigenvalue weighted by atomic mass is 9.97. The van der Waals surface area contributed by atoms with Crippen molar-refractivity contribution >= 4 is 27.5 Å². The molecule has 28 heavy (non-hydrogen) atoms. The van der Waals surface area contributed by atoms with Crippen molar-refractivity contribution in [1.82, 2.24) is 0 Å². The van der Waals surface area contributed by atoms with E-state index in [-0.39, 0.29) is 19.2 Å². The second-order valence-electron chi connectivity index (χ2n) is 6.35. The number of hydrogen-bond donors (Lipinski definition) is 0. The Morgan fingerprint density at radius 2 is 1.32 bits per heavy atom. The summed E-state index contributed by atoms with van der Waals surface area (Å²) < 4.78 is 16.3. The molecule has 0 saturated heterocycles. The molecule has 4 aromatic rings. The van der Waals surface area contributed by atoms with Crippen LogP contribution in [0.2, 0.25) is 0 Å². The van der Waals surface area contributed by atoms with Gasteiger partial charge in [0.2, 0.25) is 0 Å². The van der Waals surface area contributed by atoms with Crippen molar-refractivity contribution < 1.29 is 19.0 Å². The van der Waals surface area contributed by atoms with Crippen LogP contribution >= 0.6 is 0 Å². The van der Waals surface area contributed by atoms with Crippen LogP contribution in [-0.2, 0) is 4.74 Å². The number of rotatable bonds is 6. The first-order chi connectivity index (χ1) is 13.8. The van der Waals surface area contributed by atoms with Crippen LogP contribution in [-0.4, -0.2) is 26.3 Å². The third-order valence-corrected chi connectivity index (χ3v) is 4.62. The van der Waals surface area contributed by atoms with E-state index in [0.717, 1.165) is 27.3 Å². The molecule has 4 heteroatoms. The van der Waals surface area contributed by atoms with Crippen molar-refractivity contribution in [1.29, 1.82) is 0 Å². The van der Waals surface area contributed by atoms with Crippen molar-refractivity contribution in [3.8, 4) is 11.5 Å². The van der Waals surface area contributed by atoms with E-state index < -0.39 is 0 Å². The molecule has 0 aliphatic heterocycles. The molecule has 0 N–H and O–H groups in total. The van der Waals surface area contributed by atoms with Crippen LogP contribution < -0.4 is 9.47 Å². The van der Waals surface area contributed by atoms with Gasteiger partial charge in [0, 0.05) is 0 Å². The number of hydrogen-bond acceptors (Lipinski definition) is 4. The second kappa shape index (κ2) is 8.01. The molecule has 4 rings (SSSR count). The lowest BCUT2D eigenvalue weighted by Crippen LogP contribution is -2.13. The number of ether oxygens (including phenoxy) is 3. The van der Waals surface area contributed by atoms with E-state index in [1.165, 1.54) is 0 Å². The molecule has 0 spiro atoms. The largest absolute Gasteiger partial charge is 0.497 e. The first-order valence-corrected chi connectivity index (χ1v) is 9.11. The summed E-state index contributed by atoms with van der Waals surface area (Å²) in [6.45, 7) is 0.448. The molecule has 0 aliphatic rings. The van der Waals surface area contributed by atoms with Gasteiger partial charge in [0.25, 0.3) is 0 Å². The maximum atomic E-state index is 12.9. The molecule has 0 bridgehead atoms. The lowest BCUT2D eigenvalue weighted by molar-refractivity contribution is 0.0455. The molecule has 0 aliphatic carbocycles. The van der Waals surface area contributed by atoms with Gasteiger partial charge >= 0.3 is 5.97 Å². The van der Waals surface area contributed by atoms with Gasteiger partial charge in [-0.3, -0.25) is 0 Å². The summed E-state index contributed by atoms with van der Waals surface area (Å²) in [7, 11) is 1.62. The molecule has 0 heterocycles. The van der Waals surface area contributed by atoms with Crippen LogP contribution in [0.3, 0.4) is 0 Å².